The lowest BCUT2D eigenvalue weighted by atomic mass is 10.2. The molecular formula is C17H24. The normalized spacial score (nSPS) is 11.1. The predicted molar refractivity (Wildman–Crippen MR) is 79.0 cm³/mol. The Kier molecular flexibility index (Phi) is 13.2. The fraction of sp³-hybridized carbons (Fsp3) is 0.353. The van der Waals surface area contributed by atoms with E-state index in [0.717, 1.165) is 12.8 Å². The minimum absolute atomic E-state index is 1.10. The molecule has 0 amide bonds. The van der Waals surface area contributed by atoms with E-state index in [4.69, 9.17) is 0 Å². The van der Waals surface area contributed by atoms with E-state index in [1.165, 1.54) is 19.3 Å². The molecule has 0 heteroatoms. The summed E-state index contributed by atoms with van der Waals surface area (Å²) in [4.78, 5) is 0. The van der Waals surface area contributed by atoms with Crippen molar-refractivity contribution in [3.05, 3.63) is 67.0 Å². The van der Waals surface area contributed by atoms with Gasteiger partial charge >= 0.3 is 0 Å². The molecule has 0 radical (unpaired) electrons. The monoisotopic (exact) mass is 228 g/mol. The fourth-order valence-electron chi connectivity index (χ4n) is 1.22. The highest BCUT2D eigenvalue weighted by molar-refractivity contribution is 5.11. The second-order valence-corrected chi connectivity index (χ2v) is 3.74. The highest BCUT2D eigenvalue weighted by atomic mass is 13.8. The van der Waals surface area contributed by atoms with Gasteiger partial charge in [0.15, 0.2) is 0 Å². The van der Waals surface area contributed by atoms with Gasteiger partial charge in [-0.1, -0.05) is 68.9 Å². The summed E-state index contributed by atoms with van der Waals surface area (Å²) in [5, 5.41) is 0. The van der Waals surface area contributed by atoms with Gasteiger partial charge < -0.3 is 0 Å². The lowest BCUT2D eigenvalue weighted by Crippen LogP contribution is -1.68. The van der Waals surface area contributed by atoms with Crippen LogP contribution in [0.1, 0.15) is 39.0 Å². The average molecular weight is 228 g/mol. The Morgan fingerprint density at radius 3 is 2.35 bits per heavy atom. The van der Waals surface area contributed by atoms with E-state index >= 15 is 0 Å². The number of hydrogen-bond donors (Lipinski definition) is 0. The van der Waals surface area contributed by atoms with Gasteiger partial charge in [-0.25, -0.2) is 0 Å². The summed E-state index contributed by atoms with van der Waals surface area (Å²) in [5.41, 5.74) is 3.05. The maximum Gasteiger partial charge on any atom is -0.0200 e. The molecule has 0 saturated heterocycles. The quantitative estimate of drug-likeness (QED) is 0.211. The molecule has 0 unspecified atom stereocenters. The van der Waals surface area contributed by atoms with Gasteiger partial charge in [-0.15, -0.1) is 5.73 Å². The lowest BCUT2D eigenvalue weighted by Gasteiger charge is -1.88. The maximum absolute atomic E-state index is 3.59. The van der Waals surface area contributed by atoms with Gasteiger partial charge in [0.1, 0.15) is 0 Å². The highest BCUT2D eigenvalue weighted by Gasteiger charge is 1.78. The van der Waals surface area contributed by atoms with Crippen molar-refractivity contribution >= 4 is 0 Å². The van der Waals surface area contributed by atoms with Gasteiger partial charge in [0.25, 0.3) is 0 Å². The second kappa shape index (κ2) is 14.5. The molecule has 0 saturated carbocycles. The van der Waals surface area contributed by atoms with Gasteiger partial charge in [-0.05, 0) is 31.4 Å². The number of hydrogen-bond acceptors (Lipinski definition) is 0. The minimum atomic E-state index is 1.10. The average Bonchev–Trinajstić information content (AvgIpc) is 2.35. The highest BCUT2D eigenvalue weighted by Crippen LogP contribution is 1.98. The maximum atomic E-state index is 3.59. The molecule has 0 fully saturated rings. The number of unbranched alkanes of at least 4 members (excludes halogenated alkanes) is 3. The van der Waals surface area contributed by atoms with Crippen molar-refractivity contribution < 1.29 is 0 Å². The molecule has 0 aromatic rings. The number of allylic oxidation sites excluding steroid dienone is 8. The molecule has 0 N–H and O–H groups in total. The molecule has 0 bridgehead atoms. The summed E-state index contributed by atoms with van der Waals surface area (Å²) in [5.74, 6) is 0. The van der Waals surface area contributed by atoms with Crippen LogP contribution in [0.3, 0.4) is 0 Å². The van der Waals surface area contributed by atoms with E-state index in [-0.39, 0.29) is 0 Å². The smallest absolute Gasteiger partial charge is 0.0200 e. The van der Waals surface area contributed by atoms with Crippen LogP contribution < -0.4 is 0 Å². The van der Waals surface area contributed by atoms with Crippen LogP contribution in [0.5, 0.6) is 0 Å². The first-order valence-electron chi connectivity index (χ1n) is 6.42. The fourth-order valence-corrected chi connectivity index (χ4v) is 1.22. The van der Waals surface area contributed by atoms with Crippen LogP contribution in [0.4, 0.5) is 0 Å². The molecule has 0 aliphatic rings. The van der Waals surface area contributed by atoms with Crippen LogP contribution in [-0.4, -0.2) is 0 Å². The molecule has 0 aliphatic carbocycles. The Bertz CT molecular complexity index is 307. The summed E-state index contributed by atoms with van der Waals surface area (Å²) in [7, 11) is 0. The van der Waals surface area contributed by atoms with E-state index in [2.05, 4.69) is 37.5 Å². The van der Waals surface area contributed by atoms with Crippen molar-refractivity contribution in [1.29, 1.82) is 0 Å². The summed E-state index contributed by atoms with van der Waals surface area (Å²) in [6.45, 7) is 5.81. The molecule has 0 aromatic heterocycles. The zero-order chi connectivity index (χ0) is 12.6. The molecule has 17 heavy (non-hydrogen) atoms. The van der Waals surface area contributed by atoms with Crippen molar-refractivity contribution in [2.75, 3.05) is 0 Å². The van der Waals surface area contributed by atoms with Gasteiger partial charge in [-0.2, -0.15) is 0 Å². The Morgan fingerprint density at radius 2 is 1.59 bits per heavy atom. The molecule has 0 atom stereocenters. The summed E-state index contributed by atoms with van der Waals surface area (Å²) >= 11 is 0. The third-order valence-electron chi connectivity index (χ3n) is 2.16. The van der Waals surface area contributed by atoms with E-state index in [1.54, 1.807) is 6.08 Å². The summed E-state index contributed by atoms with van der Waals surface area (Å²) in [6.07, 6.45) is 24.1. The van der Waals surface area contributed by atoms with E-state index in [9.17, 15) is 0 Å². The first-order valence-corrected chi connectivity index (χ1v) is 6.42. The van der Waals surface area contributed by atoms with Crippen molar-refractivity contribution in [2.24, 2.45) is 0 Å². The molecule has 0 heterocycles. The summed E-state index contributed by atoms with van der Waals surface area (Å²) in [6, 6.07) is 0. The Labute approximate surface area is 106 Å². The molecular weight excluding hydrogens is 204 g/mol. The van der Waals surface area contributed by atoms with Gasteiger partial charge in [0.2, 0.25) is 0 Å². The van der Waals surface area contributed by atoms with Crippen molar-refractivity contribution in [1.82, 2.24) is 0 Å². The van der Waals surface area contributed by atoms with Crippen LogP contribution >= 0.6 is 0 Å². The molecule has 92 valence electrons. The Morgan fingerprint density at radius 1 is 0.882 bits per heavy atom. The number of rotatable bonds is 9. The third-order valence-corrected chi connectivity index (χ3v) is 2.16. The summed E-state index contributed by atoms with van der Waals surface area (Å²) < 4.78 is 0. The largest absolute Gasteiger partial charge is 0.121 e. The SMILES string of the molecule is C=CC=CC=C=CC=CCCC=CCCCC. The van der Waals surface area contributed by atoms with Crippen LogP contribution in [0.25, 0.3) is 0 Å². The van der Waals surface area contributed by atoms with Gasteiger partial charge in [0.05, 0.1) is 0 Å². The van der Waals surface area contributed by atoms with Crippen molar-refractivity contribution in [3.8, 4) is 0 Å². The van der Waals surface area contributed by atoms with E-state index < -0.39 is 0 Å². The first-order chi connectivity index (χ1) is 8.41. The minimum Gasteiger partial charge on any atom is -0.121 e. The van der Waals surface area contributed by atoms with Crippen LogP contribution in [0.2, 0.25) is 0 Å². The van der Waals surface area contributed by atoms with Gasteiger partial charge in [-0.3, -0.25) is 0 Å². The molecule has 0 aromatic carbocycles. The Hall–Kier alpha value is -1.52. The molecule has 0 nitrogen and oxygen atoms in total. The van der Waals surface area contributed by atoms with Crippen LogP contribution in [-0.2, 0) is 0 Å². The van der Waals surface area contributed by atoms with Crippen molar-refractivity contribution in [2.45, 2.75) is 39.0 Å². The van der Waals surface area contributed by atoms with E-state index in [0.29, 0.717) is 0 Å². The zero-order valence-electron chi connectivity index (χ0n) is 10.9. The van der Waals surface area contributed by atoms with E-state index in [1.807, 2.05) is 30.4 Å². The first kappa shape index (κ1) is 15.5. The lowest BCUT2D eigenvalue weighted by molar-refractivity contribution is 0.811. The van der Waals surface area contributed by atoms with Gasteiger partial charge in [0, 0.05) is 0 Å². The molecule has 0 aliphatic heterocycles. The standard InChI is InChI=1S/C17H24/c1-3-5-7-9-11-13-15-17-16-14-12-10-8-6-4-2/h3,5,7,9-10,12-13,15,17H,1,4,6,8,14,16H2,2H3. The van der Waals surface area contributed by atoms with Crippen LogP contribution in [0.15, 0.2) is 67.0 Å². The third kappa shape index (κ3) is 14.5. The van der Waals surface area contributed by atoms with Crippen LogP contribution in [0, 0.1) is 0 Å². The Balaban J connectivity index is 3.54. The topological polar surface area (TPSA) is 0 Å². The van der Waals surface area contributed by atoms with Crippen molar-refractivity contribution in [3.63, 3.8) is 0 Å². The molecule has 0 spiro atoms. The second-order valence-electron chi connectivity index (χ2n) is 3.74. The zero-order valence-corrected chi connectivity index (χ0v) is 10.9. The predicted octanol–water partition coefficient (Wildman–Crippen LogP) is 5.52. The molecule has 0 rings (SSSR count).